The van der Waals surface area contributed by atoms with Gasteiger partial charge in [-0.3, -0.25) is 0 Å². The zero-order valence-electron chi connectivity index (χ0n) is 7.74. The second-order valence-corrected chi connectivity index (χ2v) is 3.73. The summed E-state index contributed by atoms with van der Waals surface area (Å²) in [4.78, 5) is 0. The number of hydrogen-bond donors (Lipinski definition) is 2. The lowest BCUT2D eigenvalue weighted by Gasteiger charge is -2.22. The largest absolute Gasteiger partial charge is 0.384 e. The molecule has 0 aromatic carbocycles. The van der Waals surface area contributed by atoms with E-state index in [1.807, 2.05) is 4.68 Å². The molecular weight excluding hydrogens is 164 g/mol. The third-order valence-corrected chi connectivity index (χ3v) is 2.70. The summed E-state index contributed by atoms with van der Waals surface area (Å²) < 4.78 is 1.88. The van der Waals surface area contributed by atoms with Crippen molar-refractivity contribution in [3.8, 4) is 0 Å². The van der Waals surface area contributed by atoms with Crippen molar-refractivity contribution in [1.29, 1.82) is 0 Å². The lowest BCUT2D eigenvalue weighted by Crippen LogP contribution is -2.16. The SMILES string of the molecule is Nc1cc(N)n(C2CCCCC2)n1. The van der Waals surface area contributed by atoms with E-state index in [1.54, 1.807) is 6.07 Å². The molecule has 1 heterocycles. The van der Waals surface area contributed by atoms with Crippen LogP contribution in [-0.2, 0) is 0 Å². The molecule has 0 atom stereocenters. The zero-order chi connectivity index (χ0) is 9.26. The van der Waals surface area contributed by atoms with Crippen LogP contribution in [0.2, 0.25) is 0 Å². The van der Waals surface area contributed by atoms with Gasteiger partial charge in [0.15, 0.2) is 0 Å². The molecule has 4 N–H and O–H groups in total. The van der Waals surface area contributed by atoms with Gasteiger partial charge in [0.25, 0.3) is 0 Å². The van der Waals surface area contributed by atoms with Gasteiger partial charge in [-0.15, -0.1) is 0 Å². The van der Waals surface area contributed by atoms with Crippen molar-refractivity contribution < 1.29 is 0 Å². The van der Waals surface area contributed by atoms with Crippen molar-refractivity contribution >= 4 is 11.6 Å². The van der Waals surface area contributed by atoms with Crippen molar-refractivity contribution in [1.82, 2.24) is 9.78 Å². The molecule has 0 amide bonds. The maximum Gasteiger partial charge on any atom is 0.147 e. The molecule has 0 saturated heterocycles. The Morgan fingerprint density at radius 1 is 1.23 bits per heavy atom. The average Bonchev–Trinajstić information content (AvgIpc) is 2.47. The molecule has 4 nitrogen and oxygen atoms in total. The number of nitrogens with zero attached hydrogens (tertiary/aromatic N) is 2. The predicted octanol–water partition coefficient (Wildman–Crippen LogP) is 1.55. The minimum atomic E-state index is 0.478. The summed E-state index contributed by atoms with van der Waals surface area (Å²) in [5, 5.41) is 4.20. The fourth-order valence-corrected chi connectivity index (χ4v) is 2.05. The highest BCUT2D eigenvalue weighted by molar-refractivity contribution is 5.42. The normalized spacial score (nSPS) is 19.1. The Labute approximate surface area is 77.9 Å². The van der Waals surface area contributed by atoms with Crippen LogP contribution >= 0.6 is 0 Å². The first kappa shape index (κ1) is 8.41. The summed E-state index contributed by atoms with van der Waals surface area (Å²) in [5.74, 6) is 1.23. The fourth-order valence-electron chi connectivity index (χ4n) is 2.05. The molecule has 72 valence electrons. The maximum absolute atomic E-state index is 5.79. The van der Waals surface area contributed by atoms with E-state index in [2.05, 4.69) is 5.10 Å². The third-order valence-electron chi connectivity index (χ3n) is 2.70. The third kappa shape index (κ3) is 1.61. The van der Waals surface area contributed by atoms with E-state index >= 15 is 0 Å². The second kappa shape index (κ2) is 3.28. The maximum atomic E-state index is 5.79. The van der Waals surface area contributed by atoms with Gasteiger partial charge >= 0.3 is 0 Å². The molecule has 1 aromatic rings. The Morgan fingerprint density at radius 2 is 1.92 bits per heavy atom. The Balaban J connectivity index is 2.18. The molecule has 4 heteroatoms. The lowest BCUT2D eigenvalue weighted by molar-refractivity contribution is 0.334. The highest BCUT2D eigenvalue weighted by Gasteiger charge is 2.17. The van der Waals surface area contributed by atoms with Crippen LogP contribution in [0.15, 0.2) is 6.07 Å². The van der Waals surface area contributed by atoms with E-state index in [1.165, 1.54) is 32.1 Å². The Kier molecular flexibility index (Phi) is 2.12. The molecule has 0 spiro atoms. The Hall–Kier alpha value is -1.19. The van der Waals surface area contributed by atoms with Crippen LogP contribution in [0.5, 0.6) is 0 Å². The van der Waals surface area contributed by atoms with Gasteiger partial charge in [-0.05, 0) is 12.8 Å². The standard InChI is InChI=1S/C9H16N4/c10-8-6-9(11)13(12-8)7-4-2-1-3-5-7/h6-7H,1-5,11H2,(H2,10,12). The average molecular weight is 180 g/mol. The second-order valence-electron chi connectivity index (χ2n) is 3.73. The minimum Gasteiger partial charge on any atom is -0.384 e. The van der Waals surface area contributed by atoms with Gasteiger partial charge in [0.05, 0.1) is 6.04 Å². The van der Waals surface area contributed by atoms with Gasteiger partial charge in [0.2, 0.25) is 0 Å². The molecule has 1 fully saturated rings. The van der Waals surface area contributed by atoms with Gasteiger partial charge in [-0.25, -0.2) is 4.68 Å². The van der Waals surface area contributed by atoms with Gasteiger partial charge in [0, 0.05) is 6.07 Å². The summed E-state index contributed by atoms with van der Waals surface area (Å²) in [5.41, 5.74) is 11.4. The monoisotopic (exact) mass is 180 g/mol. The first-order valence-corrected chi connectivity index (χ1v) is 4.88. The summed E-state index contributed by atoms with van der Waals surface area (Å²) in [7, 11) is 0. The van der Waals surface area contributed by atoms with Gasteiger partial charge in [0.1, 0.15) is 11.6 Å². The molecular formula is C9H16N4. The molecule has 1 aromatic heterocycles. The lowest BCUT2D eigenvalue weighted by atomic mass is 9.96. The molecule has 0 radical (unpaired) electrons. The van der Waals surface area contributed by atoms with Crippen molar-refractivity contribution in [2.75, 3.05) is 11.5 Å². The first-order valence-electron chi connectivity index (χ1n) is 4.88. The molecule has 0 bridgehead atoms. The zero-order valence-corrected chi connectivity index (χ0v) is 7.74. The molecule has 1 saturated carbocycles. The minimum absolute atomic E-state index is 0.478. The van der Waals surface area contributed by atoms with Crippen LogP contribution in [0.1, 0.15) is 38.1 Å². The van der Waals surface area contributed by atoms with E-state index in [0.29, 0.717) is 17.7 Å². The van der Waals surface area contributed by atoms with Gasteiger partial charge in [-0.1, -0.05) is 19.3 Å². The quantitative estimate of drug-likeness (QED) is 0.689. The number of hydrogen-bond acceptors (Lipinski definition) is 3. The van der Waals surface area contributed by atoms with Crippen molar-refractivity contribution in [2.45, 2.75) is 38.1 Å². The van der Waals surface area contributed by atoms with E-state index in [0.717, 1.165) is 0 Å². The van der Waals surface area contributed by atoms with Crippen LogP contribution in [0.3, 0.4) is 0 Å². The summed E-state index contributed by atoms with van der Waals surface area (Å²) >= 11 is 0. The smallest absolute Gasteiger partial charge is 0.147 e. The van der Waals surface area contributed by atoms with Crippen molar-refractivity contribution in [2.24, 2.45) is 0 Å². The number of anilines is 2. The highest BCUT2D eigenvalue weighted by atomic mass is 15.3. The van der Waals surface area contributed by atoms with E-state index in [-0.39, 0.29) is 0 Å². The summed E-state index contributed by atoms with van der Waals surface area (Å²) in [6, 6.07) is 2.21. The van der Waals surface area contributed by atoms with Crippen LogP contribution in [-0.4, -0.2) is 9.78 Å². The van der Waals surface area contributed by atoms with E-state index < -0.39 is 0 Å². The number of nitrogen functional groups attached to an aromatic ring is 2. The van der Waals surface area contributed by atoms with Crippen molar-refractivity contribution in [3.63, 3.8) is 0 Å². The van der Waals surface area contributed by atoms with Gasteiger partial charge in [-0.2, -0.15) is 5.10 Å². The molecule has 0 aliphatic heterocycles. The fraction of sp³-hybridized carbons (Fsp3) is 0.667. The van der Waals surface area contributed by atoms with E-state index in [4.69, 9.17) is 11.5 Å². The summed E-state index contributed by atoms with van der Waals surface area (Å²) in [6.45, 7) is 0. The van der Waals surface area contributed by atoms with Crippen LogP contribution in [0, 0.1) is 0 Å². The summed E-state index contributed by atoms with van der Waals surface area (Å²) in [6.07, 6.45) is 6.28. The highest BCUT2D eigenvalue weighted by Crippen LogP contribution is 2.29. The first-order chi connectivity index (χ1) is 6.27. The van der Waals surface area contributed by atoms with Crippen molar-refractivity contribution in [3.05, 3.63) is 6.07 Å². The van der Waals surface area contributed by atoms with Crippen LogP contribution in [0.4, 0.5) is 11.6 Å². The Bertz CT molecular complexity index is 286. The molecule has 13 heavy (non-hydrogen) atoms. The molecule has 1 aliphatic carbocycles. The number of nitrogens with two attached hydrogens (primary N) is 2. The molecule has 2 rings (SSSR count). The van der Waals surface area contributed by atoms with Gasteiger partial charge < -0.3 is 11.5 Å². The van der Waals surface area contributed by atoms with Crippen LogP contribution < -0.4 is 11.5 Å². The predicted molar refractivity (Wildman–Crippen MR) is 53.2 cm³/mol. The van der Waals surface area contributed by atoms with E-state index in [9.17, 15) is 0 Å². The number of rotatable bonds is 1. The van der Waals surface area contributed by atoms with Crippen LogP contribution in [0.25, 0.3) is 0 Å². The molecule has 1 aliphatic rings. The Morgan fingerprint density at radius 3 is 2.46 bits per heavy atom. The molecule has 0 unspecified atom stereocenters. The number of aromatic nitrogens is 2. The topological polar surface area (TPSA) is 69.9 Å².